The van der Waals surface area contributed by atoms with Crippen molar-refractivity contribution in [2.45, 2.75) is 25.3 Å². The minimum atomic E-state index is -4.35. The molecule has 0 radical (unpaired) electrons. The number of nitrogens with zero attached hydrogens (tertiary/aromatic N) is 1. The summed E-state index contributed by atoms with van der Waals surface area (Å²) >= 11 is 6.09. The average Bonchev–Trinajstić information content (AvgIpc) is 2.98. The fourth-order valence-electron chi connectivity index (χ4n) is 2.59. The number of alkyl halides is 3. The van der Waals surface area contributed by atoms with Crippen LogP contribution in [0.4, 0.5) is 13.2 Å². The second-order valence-electron chi connectivity index (χ2n) is 5.99. The van der Waals surface area contributed by atoms with E-state index in [4.69, 9.17) is 0 Å². The van der Waals surface area contributed by atoms with E-state index in [0.717, 1.165) is 33.8 Å². The molecule has 136 valence electrons. The lowest BCUT2D eigenvalue weighted by atomic mass is 10.1. The maximum Gasteiger partial charge on any atom is 0.416 e. The van der Waals surface area contributed by atoms with Crippen molar-refractivity contribution in [3.8, 4) is 16.3 Å². The first-order chi connectivity index (χ1) is 12.2. The number of aromatic hydroxyl groups is 1. The van der Waals surface area contributed by atoms with Gasteiger partial charge in [0.25, 0.3) is 0 Å². The summed E-state index contributed by atoms with van der Waals surface area (Å²) in [5, 5.41) is 10.1. The summed E-state index contributed by atoms with van der Waals surface area (Å²) in [5.74, 6) is 0.223. The van der Waals surface area contributed by atoms with E-state index in [1.807, 2.05) is 19.9 Å². The van der Waals surface area contributed by atoms with E-state index >= 15 is 0 Å². The Hall–Kier alpha value is -1.99. The van der Waals surface area contributed by atoms with Crippen LogP contribution in [-0.4, -0.2) is 10.1 Å². The highest BCUT2D eigenvalue weighted by atomic mass is 32.1. The van der Waals surface area contributed by atoms with Crippen molar-refractivity contribution in [2.75, 3.05) is 0 Å². The largest absolute Gasteiger partial charge is 0.508 e. The number of halogens is 3. The summed E-state index contributed by atoms with van der Waals surface area (Å²) < 4.78 is 38.1. The van der Waals surface area contributed by atoms with Crippen LogP contribution in [0, 0.1) is 13.8 Å². The number of hydrogen-bond acceptors (Lipinski definition) is 4. The number of thiol groups is 1. The van der Waals surface area contributed by atoms with Crippen LogP contribution in [0.3, 0.4) is 0 Å². The Morgan fingerprint density at radius 1 is 1.08 bits per heavy atom. The summed E-state index contributed by atoms with van der Waals surface area (Å²) in [6.07, 6.45) is -4.35. The summed E-state index contributed by atoms with van der Waals surface area (Å²) in [6.45, 7) is 3.67. The number of thiazole rings is 1. The lowest BCUT2D eigenvalue weighted by molar-refractivity contribution is -0.137. The first-order valence-electron chi connectivity index (χ1n) is 7.79. The van der Waals surface area contributed by atoms with Gasteiger partial charge in [0.15, 0.2) is 0 Å². The van der Waals surface area contributed by atoms with E-state index < -0.39 is 11.7 Å². The van der Waals surface area contributed by atoms with Gasteiger partial charge in [-0.25, -0.2) is 4.98 Å². The van der Waals surface area contributed by atoms with Crippen LogP contribution in [0.15, 0.2) is 42.5 Å². The van der Waals surface area contributed by atoms with Gasteiger partial charge in [0, 0.05) is 10.4 Å². The maximum absolute atomic E-state index is 12.7. The zero-order chi connectivity index (χ0) is 19.1. The molecule has 0 aliphatic rings. The molecule has 1 aromatic heterocycles. The predicted octanol–water partition coefficient (Wildman–Crippen LogP) is 6.17. The molecule has 0 spiro atoms. The molecular weight excluding hydrogens is 379 g/mol. The maximum atomic E-state index is 12.7. The third kappa shape index (κ3) is 3.73. The third-order valence-electron chi connectivity index (χ3n) is 4.08. The van der Waals surface area contributed by atoms with Crippen LogP contribution >= 0.6 is 24.0 Å². The number of benzene rings is 2. The standard InChI is InChI=1S/C19H16F3NOS2/c1-10-9-13(5-8-15(10)24)16(25)17-11(2)23-18(26-17)12-3-6-14(7-4-12)19(20,21)22/h3-9,16,24-25H,1-2H3. The normalized spacial score (nSPS) is 13.0. The summed E-state index contributed by atoms with van der Waals surface area (Å²) in [7, 11) is 0. The molecular formula is C19H16F3NOS2. The zero-order valence-corrected chi connectivity index (χ0v) is 15.7. The van der Waals surface area contributed by atoms with Crippen LogP contribution in [0.5, 0.6) is 5.75 Å². The number of phenolic OH excluding ortho intramolecular Hbond substituents is 1. The van der Waals surface area contributed by atoms with E-state index in [0.29, 0.717) is 10.6 Å². The second kappa shape index (κ2) is 6.96. The van der Waals surface area contributed by atoms with Gasteiger partial charge in [-0.15, -0.1) is 11.3 Å². The molecule has 0 fully saturated rings. The van der Waals surface area contributed by atoms with Crippen LogP contribution in [0.1, 0.15) is 32.5 Å². The van der Waals surface area contributed by atoms with Gasteiger partial charge in [-0.3, -0.25) is 0 Å². The molecule has 0 amide bonds. The smallest absolute Gasteiger partial charge is 0.416 e. The van der Waals surface area contributed by atoms with Crippen LogP contribution in [0.2, 0.25) is 0 Å². The van der Waals surface area contributed by atoms with Gasteiger partial charge < -0.3 is 5.11 Å². The number of phenols is 1. The van der Waals surface area contributed by atoms with Crippen molar-refractivity contribution in [3.05, 3.63) is 69.7 Å². The Labute approximate surface area is 158 Å². The molecule has 1 N–H and O–H groups in total. The van der Waals surface area contributed by atoms with Gasteiger partial charge in [-0.1, -0.05) is 24.3 Å². The highest BCUT2D eigenvalue weighted by molar-refractivity contribution is 7.81. The molecule has 0 saturated carbocycles. The van der Waals surface area contributed by atoms with Crippen LogP contribution in [0.25, 0.3) is 10.6 Å². The molecule has 2 aromatic carbocycles. The molecule has 0 aliphatic heterocycles. The van der Waals surface area contributed by atoms with Crippen molar-refractivity contribution in [1.29, 1.82) is 0 Å². The minimum Gasteiger partial charge on any atom is -0.508 e. The Kier molecular flexibility index (Phi) is 5.03. The first-order valence-corrected chi connectivity index (χ1v) is 9.12. The third-order valence-corrected chi connectivity index (χ3v) is 6.08. The molecule has 3 aromatic rings. The van der Waals surface area contributed by atoms with Gasteiger partial charge in [0.2, 0.25) is 0 Å². The van der Waals surface area contributed by atoms with Gasteiger partial charge in [-0.2, -0.15) is 25.8 Å². The van der Waals surface area contributed by atoms with E-state index in [1.54, 1.807) is 12.1 Å². The lowest BCUT2D eigenvalue weighted by Crippen LogP contribution is -2.03. The molecule has 0 saturated heterocycles. The summed E-state index contributed by atoms with van der Waals surface area (Å²) in [6, 6.07) is 10.3. The zero-order valence-electron chi connectivity index (χ0n) is 14.0. The highest BCUT2D eigenvalue weighted by Gasteiger charge is 2.30. The predicted molar refractivity (Wildman–Crippen MR) is 101 cm³/mol. The van der Waals surface area contributed by atoms with E-state index in [-0.39, 0.29) is 11.0 Å². The molecule has 26 heavy (non-hydrogen) atoms. The van der Waals surface area contributed by atoms with E-state index in [1.165, 1.54) is 23.5 Å². The van der Waals surface area contributed by atoms with Crippen molar-refractivity contribution in [1.82, 2.24) is 4.98 Å². The van der Waals surface area contributed by atoms with Crippen molar-refractivity contribution >= 4 is 24.0 Å². The van der Waals surface area contributed by atoms with Gasteiger partial charge >= 0.3 is 6.18 Å². The van der Waals surface area contributed by atoms with E-state index in [9.17, 15) is 18.3 Å². The van der Waals surface area contributed by atoms with Crippen molar-refractivity contribution < 1.29 is 18.3 Å². The number of aryl methyl sites for hydroxylation is 2. The molecule has 7 heteroatoms. The SMILES string of the molecule is Cc1cc(C(S)c2sc(-c3ccc(C(F)(F)F)cc3)nc2C)ccc1O. The number of aromatic nitrogens is 1. The monoisotopic (exact) mass is 395 g/mol. The first kappa shape index (κ1) is 18.8. The van der Waals surface area contributed by atoms with Crippen LogP contribution in [-0.2, 0) is 6.18 Å². The van der Waals surface area contributed by atoms with Gasteiger partial charge in [-0.05, 0) is 43.2 Å². The molecule has 0 aliphatic carbocycles. The summed E-state index contributed by atoms with van der Waals surface area (Å²) in [5.41, 5.74) is 2.43. The second-order valence-corrected chi connectivity index (χ2v) is 7.54. The van der Waals surface area contributed by atoms with Gasteiger partial charge in [0.05, 0.1) is 16.5 Å². The van der Waals surface area contributed by atoms with Crippen molar-refractivity contribution in [2.24, 2.45) is 0 Å². The Morgan fingerprint density at radius 2 is 1.73 bits per heavy atom. The topological polar surface area (TPSA) is 33.1 Å². The molecule has 1 unspecified atom stereocenters. The van der Waals surface area contributed by atoms with Crippen molar-refractivity contribution in [3.63, 3.8) is 0 Å². The molecule has 0 bridgehead atoms. The van der Waals surface area contributed by atoms with E-state index in [2.05, 4.69) is 17.6 Å². The molecule has 1 heterocycles. The number of rotatable bonds is 3. The van der Waals surface area contributed by atoms with Gasteiger partial charge in [0.1, 0.15) is 10.8 Å². The average molecular weight is 395 g/mol. The Morgan fingerprint density at radius 3 is 2.31 bits per heavy atom. The Bertz CT molecular complexity index is 933. The molecule has 1 atom stereocenters. The fraction of sp³-hybridized carbons (Fsp3) is 0.211. The Balaban J connectivity index is 1.92. The fourth-order valence-corrected chi connectivity index (χ4v) is 4.18. The highest BCUT2D eigenvalue weighted by Crippen LogP contribution is 2.39. The number of hydrogen-bond donors (Lipinski definition) is 2. The lowest BCUT2D eigenvalue weighted by Gasteiger charge is -2.11. The molecule has 3 rings (SSSR count). The van der Waals surface area contributed by atoms with Crippen LogP contribution < -0.4 is 0 Å². The molecule has 2 nitrogen and oxygen atoms in total. The minimum absolute atomic E-state index is 0.223. The summed E-state index contributed by atoms with van der Waals surface area (Å²) in [4.78, 5) is 5.42. The quantitative estimate of drug-likeness (QED) is 0.520.